The maximum Gasteiger partial charge on any atom is 0.338 e. The molecule has 0 aromatic heterocycles. The van der Waals surface area contributed by atoms with Crippen LogP contribution in [0, 0.1) is 0 Å². The van der Waals surface area contributed by atoms with Gasteiger partial charge in [0.25, 0.3) is 0 Å². The van der Waals surface area contributed by atoms with E-state index in [1.54, 1.807) is 13.8 Å². The molecule has 0 spiro atoms. The summed E-state index contributed by atoms with van der Waals surface area (Å²) in [5.74, 6) is 0. The lowest BCUT2D eigenvalue weighted by atomic mass is 10.0. The third-order valence-electron chi connectivity index (χ3n) is 4.10. The Hall–Kier alpha value is -1.78. The Bertz CT molecular complexity index is 737. The van der Waals surface area contributed by atoms with Gasteiger partial charge in [0, 0.05) is 6.42 Å². The molecule has 6 heteroatoms. The van der Waals surface area contributed by atoms with Gasteiger partial charge in [-0.15, -0.1) is 0 Å². The first-order chi connectivity index (χ1) is 13.1. The fourth-order valence-electron chi connectivity index (χ4n) is 2.94. The van der Waals surface area contributed by atoms with Gasteiger partial charge in [0.15, 0.2) is 0 Å². The Morgan fingerprint density at radius 3 is 2.19 bits per heavy atom. The molecular weight excluding hydrogens is 363 g/mol. The normalized spacial score (nSPS) is 12.7. The first-order valence-electron chi connectivity index (χ1n) is 9.16. The van der Waals surface area contributed by atoms with Crippen molar-refractivity contribution in [2.75, 3.05) is 13.2 Å². The van der Waals surface area contributed by atoms with E-state index in [1.165, 1.54) is 0 Å². The van der Waals surface area contributed by atoms with Gasteiger partial charge < -0.3 is 18.6 Å². The van der Waals surface area contributed by atoms with Gasteiger partial charge in [-0.25, -0.2) is 0 Å². The van der Waals surface area contributed by atoms with Crippen LogP contribution in [0.4, 0.5) is 0 Å². The molecule has 0 aliphatic heterocycles. The van der Waals surface area contributed by atoms with Crippen molar-refractivity contribution in [1.29, 1.82) is 0 Å². The van der Waals surface area contributed by atoms with E-state index in [-0.39, 0.29) is 19.6 Å². The molecule has 0 saturated heterocycles. The molecule has 0 aliphatic carbocycles. The summed E-state index contributed by atoms with van der Waals surface area (Å²) >= 11 is 0. The van der Waals surface area contributed by atoms with Crippen molar-refractivity contribution in [2.45, 2.75) is 39.1 Å². The molecule has 2 rings (SSSR count). The second kappa shape index (κ2) is 11.2. The van der Waals surface area contributed by atoms with Gasteiger partial charge in [0.05, 0.1) is 32.1 Å². The van der Waals surface area contributed by atoms with E-state index in [2.05, 4.69) is 0 Å². The standard InChI is InChI=1S/C21H27O5P/c1-3-25-27(23,26-4-2)21(14-15-22)20-13-9-8-12-19(20)17-24-16-18-10-6-5-7-11-18/h5-13,15,21H,3-4,14,16-17H2,1-2H3. The number of benzene rings is 2. The van der Waals surface area contributed by atoms with Crippen LogP contribution in [0.1, 0.15) is 42.6 Å². The van der Waals surface area contributed by atoms with E-state index in [0.717, 1.165) is 23.0 Å². The number of carbonyl (C=O) groups excluding carboxylic acids is 1. The van der Waals surface area contributed by atoms with Crippen LogP contribution in [0.2, 0.25) is 0 Å². The molecule has 0 radical (unpaired) electrons. The highest BCUT2D eigenvalue weighted by molar-refractivity contribution is 7.54. The van der Waals surface area contributed by atoms with Crippen molar-refractivity contribution in [3.63, 3.8) is 0 Å². The van der Waals surface area contributed by atoms with Gasteiger partial charge in [-0.2, -0.15) is 0 Å². The van der Waals surface area contributed by atoms with Crippen LogP contribution in [0.15, 0.2) is 54.6 Å². The van der Waals surface area contributed by atoms with Gasteiger partial charge in [-0.1, -0.05) is 54.6 Å². The summed E-state index contributed by atoms with van der Waals surface area (Å²) < 4.78 is 30.2. The number of hydrogen-bond acceptors (Lipinski definition) is 5. The zero-order chi connectivity index (χ0) is 19.5. The lowest BCUT2D eigenvalue weighted by molar-refractivity contribution is -0.108. The number of hydrogen-bond donors (Lipinski definition) is 0. The smallest absolute Gasteiger partial charge is 0.338 e. The largest absolute Gasteiger partial charge is 0.372 e. The highest BCUT2D eigenvalue weighted by Crippen LogP contribution is 2.62. The predicted molar refractivity (Wildman–Crippen MR) is 106 cm³/mol. The molecule has 27 heavy (non-hydrogen) atoms. The summed E-state index contributed by atoms with van der Waals surface area (Å²) in [5, 5.41) is 0. The molecule has 146 valence electrons. The molecule has 1 unspecified atom stereocenters. The number of carbonyl (C=O) groups is 1. The van der Waals surface area contributed by atoms with Crippen LogP contribution in [-0.2, 0) is 36.4 Å². The third kappa shape index (κ3) is 6.12. The van der Waals surface area contributed by atoms with Crippen molar-refractivity contribution < 1.29 is 23.1 Å². The number of aldehydes is 1. The maximum absolute atomic E-state index is 13.3. The average Bonchev–Trinajstić information content (AvgIpc) is 2.68. The van der Waals surface area contributed by atoms with Crippen molar-refractivity contribution in [3.05, 3.63) is 71.3 Å². The molecule has 0 amide bonds. The van der Waals surface area contributed by atoms with E-state index >= 15 is 0 Å². The first kappa shape index (κ1) is 21.5. The summed E-state index contributed by atoms with van der Waals surface area (Å²) in [6.45, 7) is 4.84. The monoisotopic (exact) mass is 390 g/mol. The topological polar surface area (TPSA) is 61.8 Å². The summed E-state index contributed by atoms with van der Waals surface area (Å²) in [4.78, 5) is 11.3. The fourth-order valence-corrected chi connectivity index (χ4v) is 5.03. The summed E-state index contributed by atoms with van der Waals surface area (Å²) in [5.41, 5.74) is 2.07. The van der Waals surface area contributed by atoms with Crippen LogP contribution in [0.5, 0.6) is 0 Å². The minimum Gasteiger partial charge on any atom is -0.372 e. The van der Waals surface area contributed by atoms with E-state index in [1.807, 2.05) is 54.6 Å². The number of ether oxygens (including phenoxy) is 1. The Balaban J connectivity index is 2.23. The average molecular weight is 390 g/mol. The lowest BCUT2D eigenvalue weighted by Gasteiger charge is -2.27. The fraction of sp³-hybridized carbons (Fsp3) is 0.381. The van der Waals surface area contributed by atoms with E-state index in [9.17, 15) is 9.36 Å². The Kier molecular flexibility index (Phi) is 8.89. The molecule has 0 aliphatic rings. The molecule has 0 N–H and O–H groups in total. The summed E-state index contributed by atoms with van der Waals surface area (Å²) in [7, 11) is -3.47. The lowest BCUT2D eigenvalue weighted by Crippen LogP contribution is -2.10. The zero-order valence-corrected chi connectivity index (χ0v) is 16.8. The Morgan fingerprint density at radius 1 is 0.926 bits per heavy atom. The maximum atomic E-state index is 13.3. The van der Waals surface area contributed by atoms with Crippen LogP contribution in [-0.4, -0.2) is 19.5 Å². The molecule has 2 aromatic rings. The van der Waals surface area contributed by atoms with Gasteiger partial charge in [-0.3, -0.25) is 4.57 Å². The highest BCUT2D eigenvalue weighted by Gasteiger charge is 2.37. The molecule has 0 fully saturated rings. The van der Waals surface area contributed by atoms with Crippen LogP contribution < -0.4 is 0 Å². The second-order valence-corrected chi connectivity index (χ2v) is 8.19. The predicted octanol–water partition coefficient (Wildman–Crippen LogP) is 5.30. The van der Waals surface area contributed by atoms with Crippen LogP contribution >= 0.6 is 7.60 Å². The van der Waals surface area contributed by atoms with Crippen LogP contribution in [0.25, 0.3) is 0 Å². The van der Waals surface area contributed by atoms with Gasteiger partial charge in [0.2, 0.25) is 0 Å². The Labute approximate surface area is 161 Å². The van der Waals surface area contributed by atoms with Crippen molar-refractivity contribution >= 4 is 13.9 Å². The second-order valence-electron chi connectivity index (χ2n) is 5.97. The van der Waals surface area contributed by atoms with Gasteiger partial charge >= 0.3 is 7.60 Å². The highest BCUT2D eigenvalue weighted by atomic mass is 31.2. The molecule has 2 aromatic carbocycles. The van der Waals surface area contributed by atoms with Crippen molar-refractivity contribution in [2.24, 2.45) is 0 Å². The van der Waals surface area contributed by atoms with Crippen LogP contribution in [0.3, 0.4) is 0 Å². The zero-order valence-electron chi connectivity index (χ0n) is 15.9. The summed E-state index contributed by atoms with van der Waals surface area (Å²) in [6, 6.07) is 17.4. The van der Waals surface area contributed by atoms with Gasteiger partial charge in [0.1, 0.15) is 6.29 Å². The first-order valence-corrected chi connectivity index (χ1v) is 10.8. The SMILES string of the molecule is CCOP(=O)(OCC)C(CC=O)c1ccccc1COCc1ccccc1. The Morgan fingerprint density at radius 2 is 1.56 bits per heavy atom. The van der Waals surface area contributed by atoms with Crippen molar-refractivity contribution in [1.82, 2.24) is 0 Å². The molecule has 0 saturated carbocycles. The van der Waals surface area contributed by atoms with E-state index in [4.69, 9.17) is 13.8 Å². The minimum absolute atomic E-state index is 0.0625. The van der Waals surface area contributed by atoms with E-state index in [0.29, 0.717) is 13.2 Å². The summed E-state index contributed by atoms with van der Waals surface area (Å²) in [6.07, 6.45) is 0.823. The molecule has 5 nitrogen and oxygen atoms in total. The van der Waals surface area contributed by atoms with E-state index < -0.39 is 13.3 Å². The quantitative estimate of drug-likeness (QED) is 0.364. The molecule has 1 atom stereocenters. The van der Waals surface area contributed by atoms with Gasteiger partial charge in [-0.05, 0) is 30.5 Å². The molecule has 0 bridgehead atoms. The minimum atomic E-state index is -3.47. The molecule has 0 heterocycles. The molecular formula is C21H27O5P. The van der Waals surface area contributed by atoms with Crippen molar-refractivity contribution in [3.8, 4) is 0 Å². The number of rotatable bonds is 12. The third-order valence-corrected chi connectivity index (χ3v) is 6.59.